The highest BCUT2D eigenvalue weighted by Crippen LogP contribution is 2.43. The summed E-state index contributed by atoms with van der Waals surface area (Å²) in [5.74, 6) is 0. The van der Waals surface area contributed by atoms with Crippen LogP contribution in [0.4, 0.5) is 10.5 Å². The predicted octanol–water partition coefficient (Wildman–Crippen LogP) is 6.32. The number of amides is 2. The lowest BCUT2D eigenvalue weighted by molar-refractivity contribution is 0.194. The van der Waals surface area contributed by atoms with Crippen molar-refractivity contribution in [1.29, 1.82) is 0 Å². The second-order valence-corrected chi connectivity index (χ2v) is 10.5. The SMILES string of the molecule is CN1CCc2c(sc3c2CN(C(=O)Nc2cccc(Cl)c2)[C@@H](c2ccccc2)c2cccn2-3)C1. The zero-order valence-electron chi connectivity index (χ0n) is 18.9. The molecule has 4 aromatic rings. The quantitative estimate of drug-likeness (QED) is 0.359. The molecule has 0 saturated carbocycles. The molecular weight excluding hydrogens is 464 g/mol. The molecule has 172 valence electrons. The van der Waals surface area contributed by atoms with E-state index >= 15 is 0 Å². The highest BCUT2D eigenvalue weighted by atomic mass is 35.5. The number of nitrogens with zero attached hydrogens (tertiary/aromatic N) is 3. The Morgan fingerprint density at radius 3 is 2.71 bits per heavy atom. The zero-order valence-corrected chi connectivity index (χ0v) is 20.4. The van der Waals surface area contributed by atoms with Crippen molar-refractivity contribution < 1.29 is 4.79 Å². The van der Waals surface area contributed by atoms with Crippen molar-refractivity contribution in [3.8, 4) is 5.00 Å². The number of hydrogen-bond donors (Lipinski definition) is 1. The Kier molecular flexibility index (Phi) is 5.44. The van der Waals surface area contributed by atoms with Crippen LogP contribution in [-0.2, 0) is 19.5 Å². The number of thiophene rings is 1. The fraction of sp³-hybridized carbons (Fsp3) is 0.222. The van der Waals surface area contributed by atoms with E-state index in [1.165, 1.54) is 21.0 Å². The number of halogens is 1. The first-order valence-electron chi connectivity index (χ1n) is 11.5. The van der Waals surface area contributed by atoms with Crippen LogP contribution in [0.3, 0.4) is 0 Å². The molecule has 34 heavy (non-hydrogen) atoms. The van der Waals surface area contributed by atoms with Gasteiger partial charge in [-0.15, -0.1) is 11.3 Å². The summed E-state index contributed by atoms with van der Waals surface area (Å²) in [7, 11) is 2.17. The minimum absolute atomic E-state index is 0.135. The summed E-state index contributed by atoms with van der Waals surface area (Å²) in [6.45, 7) is 2.55. The molecule has 6 rings (SSSR count). The van der Waals surface area contributed by atoms with Gasteiger partial charge in [-0.2, -0.15) is 0 Å². The standard InChI is InChI=1S/C27H25ClN4OS/c1-30-14-12-21-22-16-32(27(33)29-20-10-5-9-19(28)15-20)25(18-7-3-2-4-8-18)23-11-6-13-31(23)26(22)34-24(21)17-30/h2-11,13,15,25H,12,14,16-17H2,1H3,(H,29,33)/t25-/m0/s1. The van der Waals surface area contributed by atoms with E-state index in [-0.39, 0.29) is 12.1 Å². The van der Waals surface area contributed by atoms with Crippen molar-refractivity contribution in [1.82, 2.24) is 14.4 Å². The Hall–Kier alpha value is -3.06. The smallest absolute Gasteiger partial charge is 0.310 e. The van der Waals surface area contributed by atoms with Crippen LogP contribution >= 0.6 is 22.9 Å². The lowest BCUT2D eigenvalue weighted by atomic mass is 10.0. The number of likely N-dealkylation sites (N-methyl/N-ethyl adjacent to an activating group) is 1. The van der Waals surface area contributed by atoms with Crippen molar-refractivity contribution in [3.63, 3.8) is 0 Å². The van der Waals surface area contributed by atoms with Gasteiger partial charge >= 0.3 is 6.03 Å². The highest BCUT2D eigenvalue weighted by molar-refractivity contribution is 7.15. The summed E-state index contributed by atoms with van der Waals surface area (Å²) < 4.78 is 2.29. The monoisotopic (exact) mass is 488 g/mol. The number of urea groups is 1. The van der Waals surface area contributed by atoms with Gasteiger partial charge in [-0.1, -0.05) is 48.0 Å². The molecule has 2 aromatic heterocycles. The second-order valence-electron chi connectivity index (χ2n) is 8.96. The summed E-state index contributed by atoms with van der Waals surface area (Å²) in [5.41, 5.74) is 5.56. The van der Waals surface area contributed by atoms with Gasteiger partial charge in [0.2, 0.25) is 0 Å². The van der Waals surface area contributed by atoms with Crippen LogP contribution in [0.15, 0.2) is 72.9 Å². The molecule has 0 bridgehead atoms. The van der Waals surface area contributed by atoms with Crippen LogP contribution < -0.4 is 5.32 Å². The molecule has 2 aromatic carbocycles. The molecule has 0 radical (unpaired) electrons. The maximum Gasteiger partial charge on any atom is 0.322 e. The Bertz CT molecular complexity index is 1360. The van der Waals surface area contributed by atoms with E-state index < -0.39 is 0 Å². The number of benzene rings is 2. The van der Waals surface area contributed by atoms with Gasteiger partial charge in [-0.3, -0.25) is 0 Å². The molecule has 0 saturated heterocycles. The van der Waals surface area contributed by atoms with Gasteiger partial charge < -0.3 is 19.7 Å². The van der Waals surface area contributed by atoms with Crippen molar-refractivity contribution in [3.05, 3.63) is 105 Å². The van der Waals surface area contributed by atoms with Gasteiger partial charge in [0.15, 0.2) is 0 Å². The summed E-state index contributed by atoms with van der Waals surface area (Å²) in [6, 6.07) is 21.5. The summed E-state index contributed by atoms with van der Waals surface area (Å²) in [5, 5.41) is 4.93. The molecule has 7 heteroatoms. The van der Waals surface area contributed by atoms with E-state index in [0.717, 1.165) is 30.8 Å². The minimum atomic E-state index is -0.211. The van der Waals surface area contributed by atoms with E-state index in [9.17, 15) is 4.79 Å². The van der Waals surface area contributed by atoms with E-state index in [2.05, 4.69) is 52.3 Å². The van der Waals surface area contributed by atoms with Gasteiger partial charge in [-0.25, -0.2) is 4.79 Å². The van der Waals surface area contributed by atoms with E-state index in [1.54, 1.807) is 6.07 Å². The van der Waals surface area contributed by atoms with Crippen LogP contribution in [0, 0.1) is 0 Å². The number of carbonyl (C=O) groups excluding carboxylic acids is 1. The molecule has 1 atom stereocenters. The van der Waals surface area contributed by atoms with Gasteiger partial charge in [0, 0.05) is 40.4 Å². The lowest BCUT2D eigenvalue weighted by Crippen LogP contribution is -2.38. The molecule has 2 aliphatic heterocycles. The maximum absolute atomic E-state index is 13.9. The number of fused-ring (bicyclic) bond motifs is 5. The van der Waals surface area contributed by atoms with Gasteiger partial charge in [0.05, 0.1) is 18.3 Å². The zero-order chi connectivity index (χ0) is 23.2. The largest absolute Gasteiger partial charge is 0.322 e. The third kappa shape index (κ3) is 3.72. The maximum atomic E-state index is 13.9. The molecule has 0 fully saturated rings. The topological polar surface area (TPSA) is 40.5 Å². The number of anilines is 1. The minimum Gasteiger partial charge on any atom is -0.310 e. The first-order chi connectivity index (χ1) is 16.6. The number of nitrogens with one attached hydrogen (secondary N) is 1. The molecule has 2 amide bonds. The van der Waals surface area contributed by atoms with E-state index in [1.807, 2.05) is 52.6 Å². The van der Waals surface area contributed by atoms with Gasteiger partial charge in [0.25, 0.3) is 0 Å². The first kappa shape index (κ1) is 21.5. The Morgan fingerprint density at radius 1 is 1.03 bits per heavy atom. The molecule has 0 spiro atoms. The van der Waals surface area contributed by atoms with Crippen LogP contribution in [-0.4, -0.2) is 34.0 Å². The predicted molar refractivity (Wildman–Crippen MR) is 138 cm³/mol. The summed E-state index contributed by atoms with van der Waals surface area (Å²) in [4.78, 5) is 19.6. The lowest BCUT2D eigenvalue weighted by Gasteiger charge is -2.31. The van der Waals surface area contributed by atoms with Crippen molar-refractivity contribution in [2.45, 2.75) is 25.6 Å². The molecular formula is C27H25ClN4OS. The average molecular weight is 489 g/mol. The fourth-order valence-electron chi connectivity index (χ4n) is 5.10. The molecule has 0 unspecified atom stereocenters. The highest BCUT2D eigenvalue weighted by Gasteiger charge is 2.36. The number of aromatic nitrogens is 1. The van der Waals surface area contributed by atoms with Gasteiger partial charge in [-0.05, 0) is 54.9 Å². The third-order valence-corrected chi connectivity index (χ3v) is 8.20. The average Bonchev–Trinajstić information content (AvgIpc) is 3.41. The molecule has 2 aliphatic rings. The van der Waals surface area contributed by atoms with Crippen LogP contribution in [0.25, 0.3) is 5.00 Å². The first-order valence-corrected chi connectivity index (χ1v) is 12.7. The number of hydrogen-bond acceptors (Lipinski definition) is 3. The Morgan fingerprint density at radius 2 is 1.88 bits per heavy atom. The van der Waals surface area contributed by atoms with E-state index in [0.29, 0.717) is 17.3 Å². The molecule has 4 heterocycles. The van der Waals surface area contributed by atoms with Crippen molar-refractivity contribution >= 4 is 34.7 Å². The van der Waals surface area contributed by atoms with Crippen molar-refractivity contribution in [2.75, 3.05) is 18.9 Å². The normalized spacial score (nSPS) is 17.5. The van der Waals surface area contributed by atoms with Crippen LogP contribution in [0.5, 0.6) is 0 Å². The second kappa shape index (κ2) is 8.62. The van der Waals surface area contributed by atoms with Crippen LogP contribution in [0.2, 0.25) is 5.02 Å². The Balaban J connectivity index is 1.49. The number of carbonyl (C=O) groups is 1. The number of rotatable bonds is 2. The van der Waals surface area contributed by atoms with Crippen molar-refractivity contribution in [2.24, 2.45) is 0 Å². The molecule has 0 aliphatic carbocycles. The van der Waals surface area contributed by atoms with Crippen LogP contribution in [0.1, 0.15) is 33.3 Å². The fourth-order valence-corrected chi connectivity index (χ4v) is 6.73. The van der Waals surface area contributed by atoms with Gasteiger partial charge in [0.1, 0.15) is 5.00 Å². The van der Waals surface area contributed by atoms with E-state index in [4.69, 9.17) is 11.6 Å². The molecule has 1 N–H and O–H groups in total. The third-order valence-electron chi connectivity index (χ3n) is 6.71. The Labute approximate surface area is 208 Å². The molecule has 5 nitrogen and oxygen atoms in total. The summed E-state index contributed by atoms with van der Waals surface area (Å²) in [6.07, 6.45) is 3.14. The summed E-state index contributed by atoms with van der Waals surface area (Å²) >= 11 is 8.05.